The lowest BCUT2D eigenvalue weighted by atomic mass is 10.4. The Morgan fingerprint density at radius 3 is 2.60 bits per heavy atom. The fraction of sp³-hybridized carbons (Fsp3) is 0.300. The molecule has 0 amide bonds. The summed E-state index contributed by atoms with van der Waals surface area (Å²) in [6.07, 6.45) is 2.36. The van der Waals surface area contributed by atoms with Crippen molar-refractivity contribution in [1.29, 1.82) is 0 Å². The maximum Gasteiger partial charge on any atom is 0.343 e. The molecule has 20 heavy (non-hydrogen) atoms. The van der Waals surface area contributed by atoms with Crippen LogP contribution in [0.3, 0.4) is 0 Å². The Bertz CT molecular complexity index is 793. The molecule has 0 fully saturated rings. The molecule has 9 nitrogen and oxygen atoms in total. The molecule has 0 aliphatic rings. The molecule has 0 radical (unpaired) electrons. The highest BCUT2D eigenvalue weighted by atomic mass is 32.2. The van der Waals surface area contributed by atoms with E-state index in [0.717, 1.165) is 6.20 Å². The normalized spacial score (nSPS) is 10.5. The minimum Gasteiger partial charge on any atom is -0.440 e. The lowest BCUT2D eigenvalue weighted by molar-refractivity contribution is -0.392. The largest absolute Gasteiger partial charge is 0.440 e. The molecule has 2 aromatic rings. The second kappa shape index (κ2) is 5.25. The maximum absolute atomic E-state index is 11.4. The summed E-state index contributed by atoms with van der Waals surface area (Å²) in [6.45, 7) is 3.44. The first kappa shape index (κ1) is 13.9. The van der Waals surface area contributed by atoms with Crippen LogP contribution in [0.2, 0.25) is 0 Å². The molecule has 0 spiro atoms. The van der Waals surface area contributed by atoms with Gasteiger partial charge in [-0.2, -0.15) is 8.42 Å². The molecule has 0 aliphatic heterocycles. The molecule has 0 saturated heterocycles. The van der Waals surface area contributed by atoms with Gasteiger partial charge >= 0.3 is 5.82 Å². The van der Waals surface area contributed by atoms with Crippen molar-refractivity contribution in [2.75, 3.05) is 0 Å². The van der Waals surface area contributed by atoms with Gasteiger partial charge in [-0.3, -0.25) is 0 Å². The predicted octanol–water partition coefficient (Wildman–Crippen LogP) is 0.556. The molecule has 0 N–H and O–H groups in total. The van der Waals surface area contributed by atoms with Gasteiger partial charge < -0.3 is 14.5 Å². The third-order valence-corrected chi connectivity index (χ3v) is 3.21. The Morgan fingerprint density at radius 2 is 2.15 bits per heavy atom. The summed E-state index contributed by atoms with van der Waals surface area (Å²) in [5.41, 5.74) is 0. The number of rotatable bonds is 4. The summed E-state index contributed by atoms with van der Waals surface area (Å²) in [4.78, 5) is 17.6. The number of oxazole rings is 1. The molecule has 2 aromatic heterocycles. The average molecular weight is 298 g/mol. The number of nitro groups is 1. The van der Waals surface area contributed by atoms with E-state index in [1.54, 1.807) is 13.8 Å². The van der Waals surface area contributed by atoms with Crippen LogP contribution in [-0.2, 0) is 16.8 Å². The Labute approximate surface area is 114 Å². The maximum atomic E-state index is 11.4. The third kappa shape index (κ3) is 2.32. The summed E-state index contributed by atoms with van der Waals surface area (Å²) < 4.78 is 29.1. The minimum absolute atomic E-state index is 0.0746. The van der Waals surface area contributed by atoms with Crippen LogP contribution >= 0.6 is 0 Å². The number of hydrogen-bond acceptors (Lipinski definition) is 7. The van der Waals surface area contributed by atoms with Gasteiger partial charge in [0.2, 0.25) is 26.9 Å². The summed E-state index contributed by atoms with van der Waals surface area (Å²) in [6, 6.07) is 0. The average Bonchev–Trinajstić information content (AvgIpc) is 2.96. The Morgan fingerprint density at radius 1 is 1.45 bits per heavy atom. The van der Waals surface area contributed by atoms with E-state index in [1.807, 2.05) is 0 Å². The molecule has 0 unspecified atom stereocenters. The molecule has 2 rings (SSSR count). The molecule has 0 saturated carbocycles. The van der Waals surface area contributed by atoms with E-state index < -0.39 is 15.2 Å². The number of aryl methyl sites for hydroxylation is 1. The van der Waals surface area contributed by atoms with Crippen LogP contribution in [-0.4, -0.2) is 32.7 Å². The molecule has 0 atom stereocenters. The first-order valence-corrected chi connectivity index (χ1v) is 6.62. The molecule has 0 bridgehead atoms. The second-order valence-corrected chi connectivity index (χ2v) is 4.66. The number of nitrogens with zero attached hydrogens (tertiary/aromatic N) is 4. The fourth-order valence-electron chi connectivity index (χ4n) is 1.71. The zero-order valence-corrected chi connectivity index (χ0v) is 11.4. The summed E-state index contributed by atoms with van der Waals surface area (Å²) in [7, 11) is -2.70. The highest BCUT2D eigenvalue weighted by Gasteiger charge is 2.28. The molecule has 0 aliphatic carbocycles. The zero-order valence-electron chi connectivity index (χ0n) is 10.6. The van der Waals surface area contributed by atoms with E-state index in [2.05, 4.69) is 9.97 Å². The van der Waals surface area contributed by atoms with Crippen LogP contribution < -0.4 is 0 Å². The van der Waals surface area contributed by atoms with Crippen LogP contribution in [0.5, 0.6) is 0 Å². The molecule has 10 heteroatoms. The van der Waals surface area contributed by atoms with E-state index in [9.17, 15) is 18.5 Å². The molecule has 2 heterocycles. The van der Waals surface area contributed by atoms with Gasteiger partial charge in [0.05, 0.1) is 12.7 Å². The van der Waals surface area contributed by atoms with Crippen LogP contribution in [0.25, 0.3) is 0 Å². The van der Waals surface area contributed by atoms with Gasteiger partial charge in [-0.1, -0.05) is 0 Å². The zero-order chi connectivity index (χ0) is 14.9. The Hall–Kier alpha value is -2.49. The van der Waals surface area contributed by atoms with E-state index in [-0.39, 0.29) is 28.9 Å². The van der Waals surface area contributed by atoms with Crippen molar-refractivity contribution in [1.82, 2.24) is 14.5 Å². The quantitative estimate of drug-likeness (QED) is 0.350. The van der Waals surface area contributed by atoms with Gasteiger partial charge in [0, 0.05) is 0 Å². The minimum atomic E-state index is -2.70. The molecule has 0 aromatic carbocycles. The standard InChI is InChI=1S/C10H10N4O5S/c1-3-13-7(14(15)16)5-11-9(13)8(20(17)18)10-12-4-6(2)19-10/h4-5H,3H2,1-2H3. The van der Waals surface area contributed by atoms with Gasteiger partial charge in [0.15, 0.2) is 0 Å². The van der Waals surface area contributed by atoms with E-state index in [0.29, 0.717) is 5.76 Å². The van der Waals surface area contributed by atoms with Gasteiger partial charge in [0.25, 0.3) is 0 Å². The van der Waals surface area contributed by atoms with Crippen molar-refractivity contribution in [3.63, 3.8) is 0 Å². The van der Waals surface area contributed by atoms with Crippen molar-refractivity contribution in [3.05, 3.63) is 40.0 Å². The van der Waals surface area contributed by atoms with Gasteiger partial charge in [-0.25, -0.2) is 14.5 Å². The van der Waals surface area contributed by atoms with Crippen LogP contribution in [0, 0.1) is 17.0 Å². The Balaban J connectivity index is 2.70. The number of imidazole rings is 1. The SMILES string of the molecule is CCn1c([N+](=O)[O-])cnc1C(c1ncc(C)o1)=S(=O)=O. The topological polar surface area (TPSA) is 121 Å². The fourth-order valence-corrected chi connectivity index (χ4v) is 2.26. The summed E-state index contributed by atoms with van der Waals surface area (Å²) in [5.74, 6) is -0.0961. The summed E-state index contributed by atoms with van der Waals surface area (Å²) in [5, 5.41) is 10.9. The van der Waals surface area contributed by atoms with Crippen molar-refractivity contribution in [2.45, 2.75) is 20.4 Å². The van der Waals surface area contributed by atoms with Crippen LogP contribution in [0.15, 0.2) is 16.8 Å². The molecular weight excluding hydrogens is 288 g/mol. The monoisotopic (exact) mass is 298 g/mol. The second-order valence-electron chi connectivity index (χ2n) is 3.78. The molecular formula is C10H10N4O5S. The van der Waals surface area contributed by atoms with Gasteiger partial charge in [0.1, 0.15) is 12.0 Å². The lowest BCUT2D eigenvalue weighted by Gasteiger charge is -2.00. The van der Waals surface area contributed by atoms with E-state index >= 15 is 0 Å². The predicted molar refractivity (Wildman–Crippen MR) is 67.9 cm³/mol. The summed E-state index contributed by atoms with van der Waals surface area (Å²) >= 11 is 0. The number of aromatic nitrogens is 3. The first-order valence-electron chi connectivity index (χ1n) is 5.55. The van der Waals surface area contributed by atoms with Crippen molar-refractivity contribution < 1.29 is 17.8 Å². The lowest BCUT2D eigenvalue weighted by Crippen LogP contribution is -2.14. The van der Waals surface area contributed by atoms with Crippen molar-refractivity contribution in [2.24, 2.45) is 0 Å². The van der Waals surface area contributed by atoms with Crippen molar-refractivity contribution in [3.8, 4) is 0 Å². The van der Waals surface area contributed by atoms with Gasteiger partial charge in [-0.05, 0) is 18.8 Å². The Kier molecular flexibility index (Phi) is 3.66. The number of hydrogen-bond donors (Lipinski definition) is 0. The molecule has 106 valence electrons. The smallest absolute Gasteiger partial charge is 0.343 e. The van der Waals surface area contributed by atoms with E-state index in [4.69, 9.17) is 4.42 Å². The highest BCUT2D eigenvalue weighted by molar-refractivity contribution is 7.73. The van der Waals surface area contributed by atoms with Gasteiger partial charge in [-0.15, -0.1) is 0 Å². The highest BCUT2D eigenvalue weighted by Crippen LogP contribution is 2.17. The third-order valence-electron chi connectivity index (χ3n) is 2.52. The van der Waals surface area contributed by atoms with Crippen molar-refractivity contribution >= 4 is 21.0 Å². The van der Waals surface area contributed by atoms with Crippen LogP contribution in [0.1, 0.15) is 24.4 Å². The first-order chi connectivity index (χ1) is 9.45. The van der Waals surface area contributed by atoms with E-state index in [1.165, 1.54) is 10.8 Å². The van der Waals surface area contributed by atoms with Crippen LogP contribution in [0.4, 0.5) is 5.82 Å².